The van der Waals surface area contributed by atoms with Crippen LogP contribution in [0.25, 0.3) is 0 Å². The molecule has 0 bridgehead atoms. The number of halogens is 1. The second-order valence-corrected chi connectivity index (χ2v) is 3.89. The Morgan fingerprint density at radius 2 is 1.05 bits per heavy atom. The molecule has 2 aromatic carbocycles. The maximum absolute atomic E-state index is 4.33. The summed E-state index contributed by atoms with van der Waals surface area (Å²) in [5.74, 6) is 0. The molecule has 2 nitrogen and oxygen atoms in total. The molecule has 0 unspecified atom stereocenters. The zero-order valence-electron chi connectivity index (χ0n) is 10.9. The summed E-state index contributed by atoms with van der Waals surface area (Å²) >= 11 is 5.87. The zero-order chi connectivity index (χ0) is 14.5. The van der Waals surface area contributed by atoms with Crippen molar-refractivity contribution in [3.63, 3.8) is 0 Å². The second-order valence-electron chi connectivity index (χ2n) is 3.89. The Morgan fingerprint density at radius 1 is 0.700 bits per heavy atom. The fourth-order valence-electron chi connectivity index (χ4n) is 1.53. The van der Waals surface area contributed by atoms with Crippen LogP contribution in [0.1, 0.15) is 11.1 Å². The summed E-state index contributed by atoms with van der Waals surface area (Å²) in [6.45, 7) is 1.44. The molecule has 0 saturated heterocycles. The van der Waals surface area contributed by atoms with Crippen molar-refractivity contribution >= 4 is 32.8 Å². The number of benzene rings is 2. The fraction of sp³-hybridized carbons (Fsp3) is 0.125. The molecule has 0 aliphatic carbocycles. The molecule has 2 rings (SSSR count). The van der Waals surface area contributed by atoms with Crippen molar-refractivity contribution in [2.45, 2.75) is 0 Å². The van der Waals surface area contributed by atoms with E-state index in [2.05, 4.69) is 22.7 Å². The average molecular weight is 427 g/mol. The molecule has 0 atom stereocenters. The van der Waals surface area contributed by atoms with E-state index in [4.69, 9.17) is 0 Å². The van der Waals surface area contributed by atoms with Gasteiger partial charge in [0.2, 0.25) is 0 Å². The molecule has 0 amide bonds. The van der Waals surface area contributed by atoms with Crippen molar-refractivity contribution in [3.05, 3.63) is 71.8 Å². The standard InChI is InChI=1S/C16H16N2.Cu.HI/c1-3-7-15(8-4-1)13-17-11-12-18-14-16-9-5-2-6-10-16;;/h1-10,13-14H,11-12H2;;1H/q;+1;/p-1. The van der Waals surface area contributed by atoms with Gasteiger partial charge in [0.15, 0.2) is 0 Å². The fourth-order valence-corrected chi connectivity index (χ4v) is 1.53. The van der Waals surface area contributed by atoms with Crippen LogP contribution in [0.5, 0.6) is 0 Å². The summed E-state index contributed by atoms with van der Waals surface area (Å²) in [6.07, 6.45) is 3.77. The summed E-state index contributed by atoms with van der Waals surface area (Å²) in [4.78, 5) is 8.67. The molecule has 0 saturated carbocycles. The third kappa shape index (κ3) is 7.58. The van der Waals surface area contributed by atoms with Crippen LogP contribution >= 0.6 is 20.3 Å². The SMILES string of the molecule is C(=NCCN=Cc1ccccc1)c1ccccc1.[Cu][I]. The molecule has 0 N–H and O–H groups in total. The van der Waals surface area contributed by atoms with E-state index in [0.717, 1.165) is 24.2 Å². The minimum absolute atomic E-state index is 0.720. The van der Waals surface area contributed by atoms with Crippen LogP contribution in [0.15, 0.2) is 70.6 Å². The van der Waals surface area contributed by atoms with Crippen molar-refractivity contribution in [2.75, 3.05) is 13.1 Å². The summed E-state index contributed by atoms with van der Waals surface area (Å²) in [5.41, 5.74) is 2.26. The Balaban J connectivity index is 0.000000956. The Bertz CT molecular complexity index is 463. The quantitative estimate of drug-likeness (QED) is 0.297. The van der Waals surface area contributed by atoms with E-state index in [9.17, 15) is 0 Å². The van der Waals surface area contributed by atoms with Gasteiger partial charge >= 0.3 is 33.1 Å². The molecule has 0 fully saturated rings. The van der Waals surface area contributed by atoms with Crippen LogP contribution in [0.3, 0.4) is 0 Å². The van der Waals surface area contributed by atoms with Gasteiger partial charge in [-0.15, -0.1) is 0 Å². The normalized spacial score (nSPS) is 10.6. The molecule has 0 radical (unpaired) electrons. The van der Waals surface area contributed by atoms with Gasteiger partial charge in [0.1, 0.15) is 0 Å². The molecule has 4 heteroatoms. The zero-order valence-corrected chi connectivity index (χ0v) is 14.0. The molecular weight excluding hydrogens is 411 g/mol. The average Bonchev–Trinajstić information content (AvgIpc) is 2.55. The van der Waals surface area contributed by atoms with Gasteiger partial charge in [-0.1, -0.05) is 60.7 Å². The first-order chi connectivity index (χ1) is 9.95. The third-order valence-corrected chi connectivity index (χ3v) is 2.44. The monoisotopic (exact) mass is 426 g/mol. The Morgan fingerprint density at radius 3 is 1.40 bits per heavy atom. The molecule has 0 aliphatic rings. The number of hydrogen-bond donors (Lipinski definition) is 0. The van der Waals surface area contributed by atoms with E-state index in [1.807, 2.05) is 73.1 Å². The van der Waals surface area contributed by atoms with Gasteiger partial charge in [0.05, 0.1) is 13.1 Å². The van der Waals surface area contributed by atoms with Crippen LogP contribution in [0.2, 0.25) is 0 Å². The van der Waals surface area contributed by atoms with Crippen LogP contribution in [-0.4, -0.2) is 25.5 Å². The Labute approximate surface area is 140 Å². The first-order valence-electron chi connectivity index (χ1n) is 6.16. The maximum atomic E-state index is 4.33. The predicted octanol–water partition coefficient (Wildman–Crippen LogP) is 4.11. The summed E-state index contributed by atoms with van der Waals surface area (Å²) in [7, 11) is 0. The minimum atomic E-state index is 0.720. The molecule has 20 heavy (non-hydrogen) atoms. The Hall–Kier alpha value is -0.971. The number of rotatable bonds is 5. The van der Waals surface area contributed by atoms with Gasteiger partial charge in [0.25, 0.3) is 0 Å². The molecule has 2 aromatic rings. The number of aliphatic imine (C=N–C) groups is 2. The van der Waals surface area contributed by atoms with Crippen molar-refractivity contribution in [1.29, 1.82) is 0 Å². The summed E-state index contributed by atoms with van der Waals surface area (Å²) < 4.78 is 0. The molecule has 0 aromatic heterocycles. The topological polar surface area (TPSA) is 24.7 Å². The molecular formula is C16H16CuIN2. The van der Waals surface area contributed by atoms with E-state index in [1.165, 1.54) is 0 Å². The van der Waals surface area contributed by atoms with Crippen LogP contribution in [-0.2, 0) is 12.8 Å². The van der Waals surface area contributed by atoms with Gasteiger partial charge in [-0.3, -0.25) is 9.98 Å². The third-order valence-electron chi connectivity index (χ3n) is 2.44. The number of nitrogens with zero attached hydrogens (tertiary/aromatic N) is 2. The second kappa shape index (κ2) is 11.8. The van der Waals surface area contributed by atoms with Crippen LogP contribution < -0.4 is 0 Å². The Kier molecular flexibility index (Phi) is 10.1. The first-order valence-corrected chi connectivity index (χ1v) is 9.20. The van der Waals surface area contributed by atoms with Crippen LogP contribution in [0, 0.1) is 0 Å². The van der Waals surface area contributed by atoms with E-state index < -0.39 is 0 Å². The van der Waals surface area contributed by atoms with E-state index in [1.54, 1.807) is 20.3 Å². The van der Waals surface area contributed by atoms with Crippen molar-refractivity contribution in [3.8, 4) is 0 Å². The van der Waals surface area contributed by atoms with E-state index >= 15 is 0 Å². The van der Waals surface area contributed by atoms with Gasteiger partial charge < -0.3 is 0 Å². The predicted molar refractivity (Wildman–Crippen MR) is 91.8 cm³/mol. The van der Waals surface area contributed by atoms with Crippen molar-refractivity contribution < 1.29 is 12.8 Å². The van der Waals surface area contributed by atoms with Crippen LogP contribution in [0.4, 0.5) is 0 Å². The number of hydrogen-bond acceptors (Lipinski definition) is 2. The van der Waals surface area contributed by atoms with Gasteiger partial charge in [-0.2, -0.15) is 0 Å². The van der Waals surface area contributed by atoms with E-state index in [-0.39, 0.29) is 0 Å². The van der Waals surface area contributed by atoms with Crippen molar-refractivity contribution in [2.24, 2.45) is 9.98 Å². The molecule has 108 valence electrons. The summed E-state index contributed by atoms with van der Waals surface area (Å²) in [6, 6.07) is 20.2. The van der Waals surface area contributed by atoms with Gasteiger partial charge in [-0.05, 0) is 11.1 Å². The van der Waals surface area contributed by atoms with Gasteiger partial charge in [0, 0.05) is 12.4 Å². The molecule has 0 heterocycles. The first kappa shape index (κ1) is 17.1. The van der Waals surface area contributed by atoms with E-state index in [0.29, 0.717) is 0 Å². The molecule has 0 spiro atoms. The van der Waals surface area contributed by atoms with Gasteiger partial charge in [-0.25, -0.2) is 0 Å². The molecule has 0 aliphatic heterocycles. The summed E-state index contributed by atoms with van der Waals surface area (Å²) in [5, 5.41) is 0. The van der Waals surface area contributed by atoms with Crippen molar-refractivity contribution in [1.82, 2.24) is 0 Å².